The van der Waals surface area contributed by atoms with Crippen LogP contribution in [-0.4, -0.2) is 16.6 Å². The molecule has 0 fully saturated rings. The fourth-order valence-corrected chi connectivity index (χ4v) is 4.90. The third-order valence-corrected chi connectivity index (χ3v) is 6.61. The summed E-state index contributed by atoms with van der Waals surface area (Å²) in [5.41, 5.74) is 3.16. The molecule has 1 aromatic heterocycles. The van der Waals surface area contributed by atoms with Gasteiger partial charge in [-0.3, -0.25) is 4.98 Å². The second-order valence-electron chi connectivity index (χ2n) is 10.2. The van der Waals surface area contributed by atoms with Crippen molar-refractivity contribution in [2.24, 2.45) is 0 Å². The molecule has 1 unspecified atom stereocenters. The maximum atomic E-state index is 14.4. The van der Waals surface area contributed by atoms with E-state index in [-0.39, 0.29) is 17.8 Å². The number of carbonyl (C=O) groups is 1. The molecule has 1 heterocycles. The Labute approximate surface area is 221 Å². The molecule has 192 valence electrons. The largest absolute Gasteiger partial charge is 0.456 e. The highest BCUT2D eigenvalue weighted by Crippen LogP contribution is 2.44. The van der Waals surface area contributed by atoms with Crippen molar-refractivity contribution in [3.8, 4) is 0 Å². The number of hydrogen-bond acceptors (Lipinski definition) is 3. The van der Waals surface area contributed by atoms with Crippen molar-refractivity contribution < 1.29 is 18.3 Å². The molecular formula is C31H30ClF2NO2. The lowest BCUT2D eigenvalue weighted by Crippen LogP contribution is -2.23. The predicted octanol–water partition coefficient (Wildman–Crippen LogP) is 8.84. The maximum Gasteiger partial charge on any atom is 0.338 e. The normalized spacial score (nSPS) is 13.4. The highest BCUT2D eigenvalue weighted by Gasteiger charge is 2.29. The third kappa shape index (κ3) is 6.16. The van der Waals surface area contributed by atoms with Crippen molar-refractivity contribution in [3.05, 3.63) is 112 Å². The standard InChI is InChI=1S/C31H30ClF2NO2/c1-5-6-23(19-7-9-21(10-8-19)30(36)37-31(2,3)4)29(20-11-13-22(32)14-12-20)24-15-16-35-28-18-27(34)26(33)17-25(24)28/h7-18,23,29H,5-6H2,1-4H3/t23-,29?/m1/s1. The van der Waals surface area contributed by atoms with E-state index in [1.54, 1.807) is 18.3 Å². The minimum Gasteiger partial charge on any atom is -0.456 e. The van der Waals surface area contributed by atoms with Crippen LogP contribution in [0.15, 0.2) is 72.9 Å². The molecule has 6 heteroatoms. The Morgan fingerprint density at radius 3 is 2.19 bits per heavy atom. The third-order valence-electron chi connectivity index (χ3n) is 6.36. The lowest BCUT2D eigenvalue weighted by molar-refractivity contribution is 0.00695. The first kappa shape index (κ1) is 26.7. The zero-order valence-electron chi connectivity index (χ0n) is 21.4. The van der Waals surface area contributed by atoms with Crippen LogP contribution in [0.2, 0.25) is 5.02 Å². The minimum absolute atomic E-state index is 0.0161. The fraction of sp³-hybridized carbons (Fsp3) is 0.290. The Morgan fingerprint density at radius 2 is 1.57 bits per heavy atom. The predicted molar refractivity (Wildman–Crippen MR) is 144 cm³/mol. The van der Waals surface area contributed by atoms with Crippen molar-refractivity contribution in [2.45, 2.75) is 58.0 Å². The number of benzene rings is 3. The van der Waals surface area contributed by atoms with Crippen LogP contribution in [0.3, 0.4) is 0 Å². The highest BCUT2D eigenvalue weighted by molar-refractivity contribution is 6.30. The molecule has 0 radical (unpaired) electrons. The Hall–Kier alpha value is -3.31. The Bertz CT molecular complexity index is 1400. The van der Waals surface area contributed by atoms with Gasteiger partial charge in [0.1, 0.15) is 5.60 Å². The Balaban J connectivity index is 1.85. The van der Waals surface area contributed by atoms with Gasteiger partial charge in [0.05, 0.1) is 11.1 Å². The van der Waals surface area contributed by atoms with Gasteiger partial charge in [-0.15, -0.1) is 0 Å². The van der Waals surface area contributed by atoms with Crippen LogP contribution in [0.25, 0.3) is 10.9 Å². The van der Waals surface area contributed by atoms with E-state index in [0.717, 1.165) is 35.6 Å². The number of hydrogen-bond donors (Lipinski definition) is 0. The molecule has 0 spiro atoms. The number of aromatic nitrogens is 1. The van der Waals surface area contributed by atoms with Crippen LogP contribution in [0.4, 0.5) is 8.78 Å². The van der Waals surface area contributed by atoms with Gasteiger partial charge in [0.2, 0.25) is 0 Å². The van der Waals surface area contributed by atoms with Crippen LogP contribution in [0.1, 0.15) is 79.4 Å². The van der Waals surface area contributed by atoms with E-state index in [1.165, 1.54) is 6.07 Å². The van der Waals surface area contributed by atoms with Gasteiger partial charge >= 0.3 is 5.97 Å². The SMILES string of the molecule is CCC[C@H](c1ccc(C(=O)OC(C)(C)C)cc1)C(c1ccc(Cl)cc1)c1ccnc2cc(F)c(F)cc12. The van der Waals surface area contributed by atoms with E-state index in [1.807, 2.05) is 63.2 Å². The number of halogens is 3. The molecule has 0 aliphatic heterocycles. The first-order valence-electron chi connectivity index (χ1n) is 12.4. The zero-order chi connectivity index (χ0) is 26.7. The molecular weight excluding hydrogens is 492 g/mol. The average molecular weight is 522 g/mol. The summed E-state index contributed by atoms with van der Waals surface area (Å²) in [6, 6.07) is 19.3. The Morgan fingerprint density at radius 1 is 0.946 bits per heavy atom. The van der Waals surface area contributed by atoms with Crippen LogP contribution >= 0.6 is 11.6 Å². The second kappa shape index (κ2) is 11.0. The van der Waals surface area contributed by atoms with Gasteiger partial charge in [-0.25, -0.2) is 13.6 Å². The van der Waals surface area contributed by atoms with Gasteiger partial charge in [-0.05, 0) is 86.2 Å². The maximum absolute atomic E-state index is 14.4. The summed E-state index contributed by atoms with van der Waals surface area (Å²) in [6.45, 7) is 7.61. The van der Waals surface area contributed by atoms with Crippen molar-refractivity contribution >= 4 is 28.5 Å². The molecule has 0 N–H and O–H groups in total. The molecule has 0 saturated heterocycles. The summed E-state index contributed by atoms with van der Waals surface area (Å²) < 4.78 is 33.9. The number of ether oxygens (including phenoxy) is 1. The first-order chi connectivity index (χ1) is 17.6. The summed E-state index contributed by atoms with van der Waals surface area (Å²) in [7, 11) is 0. The zero-order valence-corrected chi connectivity index (χ0v) is 22.2. The second-order valence-corrected chi connectivity index (χ2v) is 10.7. The minimum atomic E-state index is -0.928. The molecule has 4 rings (SSSR count). The van der Waals surface area contributed by atoms with Gasteiger partial charge in [-0.1, -0.05) is 49.2 Å². The topological polar surface area (TPSA) is 39.2 Å². The molecule has 3 nitrogen and oxygen atoms in total. The average Bonchev–Trinajstić information content (AvgIpc) is 2.85. The highest BCUT2D eigenvalue weighted by atomic mass is 35.5. The number of pyridine rings is 1. The smallest absolute Gasteiger partial charge is 0.338 e. The van der Waals surface area contributed by atoms with Gasteiger partial charge in [0.15, 0.2) is 11.6 Å². The lowest BCUT2D eigenvalue weighted by Gasteiger charge is -2.30. The van der Waals surface area contributed by atoms with Crippen molar-refractivity contribution in [1.29, 1.82) is 0 Å². The molecule has 2 atom stereocenters. The molecule has 0 saturated carbocycles. The van der Waals surface area contributed by atoms with Gasteiger partial charge in [0.25, 0.3) is 0 Å². The number of nitrogens with zero attached hydrogens (tertiary/aromatic N) is 1. The van der Waals surface area contributed by atoms with E-state index < -0.39 is 17.2 Å². The van der Waals surface area contributed by atoms with Crippen molar-refractivity contribution in [1.82, 2.24) is 4.98 Å². The summed E-state index contributed by atoms with van der Waals surface area (Å²) in [5.74, 6) is -2.43. The van der Waals surface area contributed by atoms with Crippen LogP contribution in [-0.2, 0) is 4.74 Å². The van der Waals surface area contributed by atoms with Crippen LogP contribution in [0, 0.1) is 11.6 Å². The summed E-state index contributed by atoms with van der Waals surface area (Å²) in [6.07, 6.45) is 3.35. The summed E-state index contributed by atoms with van der Waals surface area (Å²) >= 11 is 6.20. The molecule has 0 aliphatic carbocycles. The number of fused-ring (bicyclic) bond motifs is 1. The summed E-state index contributed by atoms with van der Waals surface area (Å²) in [4.78, 5) is 16.9. The number of carbonyl (C=O) groups excluding carboxylic acids is 1. The van der Waals surface area contributed by atoms with Crippen LogP contribution < -0.4 is 0 Å². The van der Waals surface area contributed by atoms with Gasteiger partial charge in [0, 0.05) is 28.6 Å². The van der Waals surface area contributed by atoms with E-state index in [9.17, 15) is 13.6 Å². The van der Waals surface area contributed by atoms with E-state index in [0.29, 0.717) is 21.5 Å². The molecule has 0 bridgehead atoms. The number of rotatable bonds is 7. The Kier molecular flexibility index (Phi) is 7.93. The molecule has 3 aromatic carbocycles. The van der Waals surface area contributed by atoms with Crippen molar-refractivity contribution in [3.63, 3.8) is 0 Å². The van der Waals surface area contributed by atoms with E-state index >= 15 is 0 Å². The quantitative estimate of drug-likeness (QED) is 0.228. The van der Waals surface area contributed by atoms with Gasteiger partial charge in [-0.2, -0.15) is 0 Å². The van der Waals surface area contributed by atoms with Crippen LogP contribution in [0.5, 0.6) is 0 Å². The molecule has 0 amide bonds. The monoisotopic (exact) mass is 521 g/mol. The lowest BCUT2D eigenvalue weighted by atomic mass is 9.74. The van der Waals surface area contributed by atoms with Gasteiger partial charge < -0.3 is 4.74 Å². The van der Waals surface area contributed by atoms with E-state index in [2.05, 4.69) is 11.9 Å². The van der Waals surface area contributed by atoms with E-state index in [4.69, 9.17) is 16.3 Å². The first-order valence-corrected chi connectivity index (χ1v) is 12.8. The summed E-state index contributed by atoms with van der Waals surface area (Å²) in [5, 5.41) is 1.18. The molecule has 4 aromatic rings. The fourth-order valence-electron chi connectivity index (χ4n) is 4.77. The molecule has 0 aliphatic rings. The number of esters is 1. The molecule has 37 heavy (non-hydrogen) atoms. The van der Waals surface area contributed by atoms with Crippen molar-refractivity contribution in [2.75, 3.05) is 0 Å².